The SMILES string of the molecule is CCCNCc1nnc(NC(C)CC(N)=O)o1. The number of primary amides is 1. The van der Waals surface area contributed by atoms with Gasteiger partial charge in [0, 0.05) is 12.5 Å². The third-order valence-electron chi connectivity index (χ3n) is 2.05. The third kappa shape index (κ3) is 5.30. The van der Waals surface area contributed by atoms with Crippen molar-refractivity contribution in [3.05, 3.63) is 5.89 Å². The predicted octanol–water partition coefficient (Wildman–Crippen LogP) is 0.245. The van der Waals surface area contributed by atoms with Gasteiger partial charge in [0.25, 0.3) is 0 Å². The fourth-order valence-electron chi connectivity index (χ4n) is 1.32. The van der Waals surface area contributed by atoms with E-state index in [1.165, 1.54) is 0 Å². The summed E-state index contributed by atoms with van der Waals surface area (Å²) in [5.74, 6) is 0.154. The number of nitrogens with two attached hydrogens (primary N) is 1. The summed E-state index contributed by atoms with van der Waals surface area (Å²) in [5, 5.41) is 13.8. The summed E-state index contributed by atoms with van der Waals surface area (Å²) < 4.78 is 5.33. The zero-order chi connectivity index (χ0) is 12.7. The molecule has 0 bridgehead atoms. The summed E-state index contributed by atoms with van der Waals surface area (Å²) in [6.07, 6.45) is 1.28. The molecule has 17 heavy (non-hydrogen) atoms. The number of nitrogens with one attached hydrogen (secondary N) is 2. The van der Waals surface area contributed by atoms with Crippen molar-refractivity contribution in [1.29, 1.82) is 0 Å². The molecule has 1 aromatic rings. The zero-order valence-corrected chi connectivity index (χ0v) is 10.2. The molecule has 0 saturated carbocycles. The van der Waals surface area contributed by atoms with Crippen molar-refractivity contribution in [2.45, 2.75) is 39.3 Å². The van der Waals surface area contributed by atoms with Crippen molar-refractivity contribution < 1.29 is 9.21 Å². The fraction of sp³-hybridized carbons (Fsp3) is 0.700. The summed E-state index contributed by atoms with van der Waals surface area (Å²) in [6, 6.07) is 0.191. The van der Waals surface area contributed by atoms with Crippen LogP contribution >= 0.6 is 0 Å². The van der Waals surface area contributed by atoms with Crippen molar-refractivity contribution in [2.75, 3.05) is 11.9 Å². The van der Waals surface area contributed by atoms with Gasteiger partial charge in [0.15, 0.2) is 0 Å². The lowest BCUT2D eigenvalue weighted by molar-refractivity contribution is -0.118. The molecule has 0 fully saturated rings. The van der Waals surface area contributed by atoms with Gasteiger partial charge < -0.3 is 20.8 Å². The summed E-state index contributed by atoms with van der Waals surface area (Å²) >= 11 is 0. The first-order chi connectivity index (χ1) is 8.11. The topological polar surface area (TPSA) is 106 Å². The normalized spacial score (nSPS) is 12.4. The monoisotopic (exact) mass is 241 g/mol. The second-order valence-corrected chi connectivity index (χ2v) is 3.89. The van der Waals surface area contributed by atoms with Crippen LogP contribution in [0.5, 0.6) is 0 Å². The maximum Gasteiger partial charge on any atom is 0.315 e. The van der Waals surface area contributed by atoms with Gasteiger partial charge in [-0.15, -0.1) is 5.10 Å². The Balaban J connectivity index is 2.37. The van der Waals surface area contributed by atoms with Crippen LogP contribution in [-0.2, 0) is 11.3 Å². The summed E-state index contributed by atoms with van der Waals surface area (Å²) in [7, 11) is 0. The lowest BCUT2D eigenvalue weighted by Gasteiger charge is -2.08. The van der Waals surface area contributed by atoms with Crippen molar-refractivity contribution in [3.8, 4) is 0 Å². The van der Waals surface area contributed by atoms with Crippen LogP contribution in [0.25, 0.3) is 0 Å². The molecule has 7 heteroatoms. The van der Waals surface area contributed by atoms with E-state index in [0.717, 1.165) is 13.0 Å². The molecule has 1 unspecified atom stereocenters. The number of nitrogens with zero attached hydrogens (tertiary/aromatic N) is 2. The average molecular weight is 241 g/mol. The van der Waals surface area contributed by atoms with E-state index in [1.807, 2.05) is 6.92 Å². The quantitative estimate of drug-likeness (QED) is 0.563. The minimum Gasteiger partial charge on any atom is -0.407 e. The zero-order valence-electron chi connectivity index (χ0n) is 10.2. The van der Waals surface area contributed by atoms with Crippen molar-refractivity contribution in [1.82, 2.24) is 15.5 Å². The lowest BCUT2D eigenvalue weighted by atomic mass is 10.2. The van der Waals surface area contributed by atoms with Gasteiger partial charge >= 0.3 is 6.01 Å². The number of aromatic nitrogens is 2. The van der Waals surface area contributed by atoms with Crippen LogP contribution in [0, 0.1) is 0 Å². The second-order valence-electron chi connectivity index (χ2n) is 3.89. The highest BCUT2D eigenvalue weighted by molar-refractivity contribution is 5.74. The Morgan fingerprint density at radius 3 is 2.94 bits per heavy atom. The van der Waals surface area contributed by atoms with E-state index < -0.39 is 0 Å². The lowest BCUT2D eigenvalue weighted by Crippen LogP contribution is -2.24. The Morgan fingerprint density at radius 2 is 2.29 bits per heavy atom. The molecule has 0 aliphatic rings. The minimum absolute atomic E-state index is 0.121. The molecule has 4 N–H and O–H groups in total. The Labute approximate surface area is 100 Å². The Morgan fingerprint density at radius 1 is 1.53 bits per heavy atom. The minimum atomic E-state index is -0.366. The highest BCUT2D eigenvalue weighted by Crippen LogP contribution is 2.07. The van der Waals surface area contributed by atoms with Crippen molar-refractivity contribution >= 4 is 11.9 Å². The molecule has 1 atom stereocenters. The first-order valence-electron chi connectivity index (χ1n) is 5.69. The number of hydrogen-bond donors (Lipinski definition) is 3. The molecule has 0 radical (unpaired) electrons. The van der Waals surface area contributed by atoms with E-state index in [4.69, 9.17) is 10.2 Å². The molecular weight excluding hydrogens is 222 g/mol. The highest BCUT2D eigenvalue weighted by Gasteiger charge is 2.10. The van der Waals surface area contributed by atoms with Gasteiger partial charge in [0.2, 0.25) is 11.8 Å². The van der Waals surface area contributed by atoms with Gasteiger partial charge in [-0.25, -0.2) is 0 Å². The molecular formula is C10H19N5O2. The van der Waals surface area contributed by atoms with Gasteiger partial charge in [0.05, 0.1) is 6.54 Å². The number of rotatable bonds is 8. The van der Waals surface area contributed by atoms with Crippen LogP contribution < -0.4 is 16.4 Å². The maximum absolute atomic E-state index is 10.7. The van der Waals surface area contributed by atoms with E-state index in [1.54, 1.807) is 0 Å². The highest BCUT2D eigenvalue weighted by atomic mass is 16.4. The Bertz CT molecular complexity index is 352. The van der Waals surface area contributed by atoms with Gasteiger partial charge in [-0.05, 0) is 19.9 Å². The fourth-order valence-corrected chi connectivity index (χ4v) is 1.32. The molecule has 0 spiro atoms. The molecule has 0 saturated heterocycles. The molecule has 96 valence electrons. The van der Waals surface area contributed by atoms with Gasteiger partial charge in [-0.3, -0.25) is 4.79 Å². The summed E-state index contributed by atoms with van der Waals surface area (Å²) in [4.78, 5) is 10.7. The van der Waals surface area contributed by atoms with Crippen molar-refractivity contribution in [2.24, 2.45) is 5.73 Å². The second kappa shape index (κ2) is 6.85. The van der Waals surface area contributed by atoms with E-state index in [9.17, 15) is 4.79 Å². The number of carbonyl (C=O) groups is 1. The van der Waals surface area contributed by atoms with E-state index >= 15 is 0 Å². The van der Waals surface area contributed by atoms with Crippen molar-refractivity contribution in [3.63, 3.8) is 0 Å². The van der Waals surface area contributed by atoms with Crippen LogP contribution in [0.4, 0.5) is 6.01 Å². The molecule has 1 aromatic heterocycles. The predicted molar refractivity (Wildman–Crippen MR) is 63.2 cm³/mol. The van der Waals surface area contributed by atoms with Gasteiger partial charge in [0.1, 0.15) is 0 Å². The van der Waals surface area contributed by atoms with Crippen LogP contribution in [0.2, 0.25) is 0 Å². The van der Waals surface area contributed by atoms with Crippen LogP contribution in [-0.4, -0.2) is 28.7 Å². The van der Waals surface area contributed by atoms with Crippen LogP contribution in [0.1, 0.15) is 32.6 Å². The number of anilines is 1. The molecule has 0 aromatic carbocycles. The Hall–Kier alpha value is -1.63. The number of carbonyl (C=O) groups excluding carboxylic acids is 1. The third-order valence-corrected chi connectivity index (χ3v) is 2.05. The molecule has 1 heterocycles. The van der Waals surface area contributed by atoms with E-state index in [-0.39, 0.29) is 18.4 Å². The molecule has 0 aliphatic carbocycles. The van der Waals surface area contributed by atoms with E-state index in [2.05, 4.69) is 27.8 Å². The van der Waals surface area contributed by atoms with Crippen LogP contribution in [0.3, 0.4) is 0 Å². The number of hydrogen-bond acceptors (Lipinski definition) is 6. The Kier molecular flexibility index (Phi) is 5.41. The number of amides is 1. The first kappa shape index (κ1) is 13.4. The van der Waals surface area contributed by atoms with Crippen LogP contribution in [0.15, 0.2) is 4.42 Å². The first-order valence-corrected chi connectivity index (χ1v) is 5.69. The smallest absolute Gasteiger partial charge is 0.315 e. The average Bonchev–Trinajstić information content (AvgIpc) is 2.64. The molecule has 0 aliphatic heterocycles. The summed E-state index contributed by atoms with van der Waals surface area (Å²) in [6.45, 7) is 5.36. The van der Waals surface area contributed by atoms with Gasteiger partial charge in [-0.2, -0.15) is 0 Å². The van der Waals surface area contributed by atoms with Gasteiger partial charge in [-0.1, -0.05) is 12.0 Å². The summed E-state index contributed by atoms with van der Waals surface area (Å²) in [5.41, 5.74) is 5.08. The molecule has 1 rings (SSSR count). The van der Waals surface area contributed by atoms with E-state index in [0.29, 0.717) is 18.5 Å². The molecule has 1 amide bonds. The standard InChI is InChI=1S/C10H19N5O2/c1-3-4-12-6-9-14-15-10(17-9)13-7(2)5-8(11)16/h7,12H,3-6H2,1-2H3,(H2,11,16)(H,13,15). The maximum atomic E-state index is 10.7. The largest absolute Gasteiger partial charge is 0.407 e. The molecule has 7 nitrogen and oxygen atoms in total.